The van der Waals surface area contributed by atoms with Crippen LogP contribution < -0.4 is 5.73 Å². The Morgan fingerprint density at radius 3 is 2.77 bits per heavy atom. The van der Waals surface area contributed by atoms with Gasteiger partial charge in [0.15, 0.2) is 5.78 Å². The molecule has 0 radical (unpaired) electrons. The summed E-state index contributed by atoms with van der Waals surface area (Å²) in [5.41, 5.74) is 10.4. The third-order valence-corrected chi connectivity index (χ3v) is 8.81. The van der Waals surface area contributed by atoms with Crippen molar-refractivity contribution in [1.82, 2.24) is 24.3 Å². The van der Waals surface area contributed by atoms with Gasteiger partial charge in [-0.05, 0) is 38.5 Å². The van der Waals surface area contributed by atoms with Crippen LogP contribution in [0.3, 0.4) is 0 Å². The maximum absolute atomic E-state index is 13.1. The number of fused-ring (bicyclic) bond motifs is 2. The number of amides is 1. The van der Waals surface area contributed by atoms with Gasteiger partial charge >= 0.3 is 0 Å². The highest BCUT2D eigenvalue weighted by Crippen LogP contribution is 2.36. The van der Waals surface area contributed by atoms with Gasteiger partial charge in [0.2, 0.25) is 5.91 Å². The fraction of sp³-hybridized carbons (Fsp3) is 0.367. The normalized spacial score (nSPS) is 17.1. The Hall–Kier alpha value is -3.89. The van der Waals surface area contributed by atoms with Crippen LogP contribution in [-0.4, -0.2) is 56.2 Å². The number of ketones is 1. The van der Waals surface area contributed by atoms with E-state index in [-0.39, 0.29) is 17.7 Å². The Morgan fingerprint density at radius 1 is 1.15 bits per heavy atom. The standard InChI is InChI=1S/C30H32N6O3S/c1-39-17-5-9-26(38)35-15-4-7-22(35)30-34-27(28-29(31)32-14-16-36(28)30)20-12-10-19(11-13-20)23(37)18-25-33-21-6-2-3-8-24(21)40-25/h5,9-14,16,22H,2-4,6-8,15,17-18H2,1H3,(H2,31,32)/b9-5+/t22-/m0/s1. The van der Waals surface area contributed by atoms with Crippen LogP contribution in [-0.2, 0) is 28.8 Å². The smallest absolute Gasteiger partial charge is 0.246 e. The lowest BCUT2D eigenvalue weighted by atomic mass is 10.0. The van der Waals surface area contributed by atoms with Gasteiger partial charge in [-0.2, -0.15) is 0 Å². The predicted octanol–water partition coefficient (Wildman–Crippen LogP) is 4.61. The van der Waals surface area contributed by atoms with Gasteiger partial charge in [0.1, 0.15) is 27.9 Å². The van der Waals surface area contributed by atoms with Crippen LogP contribution in [0, 0.1) is 0 Å². The summed E-state index contributed by atoms with van der Waals surface area (Å²) in [5, 5.41) is 0.900. The molecule has 0 saturated carbocycles. The minimum absolute atomic E-state index is 0.0517. The van der Waals surface area contributed by atoms with Crippen LogP contribution >= 0.6 is 11.3 Å². The Kier molecular flexibility index (Phi) is 7.44. The molecule has 206 valence electrons. The highest BCUT2D eigenvalue weighted by molar-refractivity contribution is 7.11. The molecule has 2 N–H and O–H groups in total. The minimum Gasteiger partial charge on any atom is -0.382 e. The van der Waals surface area contributed by atoms with Gasteiger partial charge in [-0.1, -0.05) is 30.3 Å². The Bertz CT molecular complexity index is 1570. The summed E-state index contributed by atoms with van der Waals surface area (Å²) in [7, 11) is 1.60. The molecule has 1 atom stereocenters. The number of nitrogens with two attached hydrogens (primary N) is 1. The molecule has 1 saturated heterocycles. The zero-order valence-electron chi connectivity index (χ0n) is 22.5. The Balaban J connectivity index is 1.28. The molecule has 0 bridgehead atoms. The van der Waals surface area contributed by atoms with Crippen molar-refractivity contribution in [2.24, 2.45) is 0 Å². The molecular weight excluding hydrogens is 524 g/mol. The number of aryl methyl sites for hydroxylation is 2. The number of Topliss-reactive ketones (excluding diaryl/α,β-unsaturated/α-hetero) is 1. The van der Waals surface area contributed by atoms with E-state index in [1.54, 1.807) is 36.8 Å². The number of likely N-dealkylation sites (tertiary alicyclic amines) is 1. The first-order chi connectivity index (χ1) is 19.5. The van der Waals surface area contributed by atoms with E-state index in [0.717, 1.165) is 42.1 Å². The van der Waals surface area contributed by atoms with E-state index in [1.807, 2.05) is 39.8 Å². The number of aromatic nitrogens is 4. The van der Waals surface area contributed by atoms with Crippen LogP contribution in [0.15, 0.2) is 48.8 Å². The zero-order chi connectivity index (χ0) is 27.6. The van der Waals surface area contributed by atoms with E-state index < -0.39 is 0 Å². The largest absolute Gasteiger partial charge is 0.382 e. The SMILES string of the molecule is COC/C=C/C(=O)N1CCC[C@H]1c1nc(-c2ccc(C(=O)Cc3nc4c(s3)CCCC4)cc2)c2c(N)nccn12. The number of ether oxygens (including phenoxy) is 1. The third-order valence-electron chi connectivity index (χ3n) is 7.65. The number of benzene rings is 1. The van der Waals surface area contributed by atoms with E-state index >= 15 is 0 Å². The number of nitrogen functional groups attached to an aromatic ring is 1. The Labute approximate surface area is 236 Å². The first-order valence-corrected chi connectivity index (χ1v) is 14.5. The molecule has 0 unspecified atom stereocenters. The minimum atomic E-state index is -0.187. The number of hydrogen-bond donors (Lipinski definition) is 1. The third kappa shape index (κ3) is 5.04. The molecule has 3 aromatic heterocycles. The number of anilines is 1. The highest BCUT2D eigenvalue weighted by atomic mass is 32.1. The zero-order valence-corrected chi connectivity index (χ0v) is 23.3. The number of carbonyl (C=O) groups is 2. The van der Waals surface area contributed by atoms with Gasteiger partial charge in [-0.3, -0.25) is 14.0 Å². The second kappa shape index (κ2) is 11.3. The number of nitrogens with zero attached hydrogens (tertiary/aromatic N) is 5. The quantitative estimate of drug-likeness (QED) is 0.249. The van der Waals surface area contributed by atoms with E-state index in [4.69, 9.17) is 20.4 Å². The van der Waals surface area contributed by atoms with E-state index in [0.29, 0.717) is 42.2 Å². The molecule has 0 spiro atoms. The number of rotatable bonds is 8. The topological polar surface area (TPSA) is 116 Å². The van der Waals surface area contributed by atoms with Crippen molar-refractivity contribution in [2.45, 2.75) is 51.0 Å². The fourth-order valence-corrected chi connectivity index (χ4v) is 6.85. The van der Waals surface area contributed by atoms with Gasteiger partial charge in [-0.25, -0.2) is 15.0 Å². The van der Waals surface area contributed by atoms with Crippen LogP contribution in [0.4, 0.5) is 5.82 Å². The Morgan fingerprint density at radius 2 is 1.98 bits per heavy atom. The lowest BCUT2D eigenvalue weighted by molar-refractivity contribution is -0.127. The van der Waals surface area contributed by atoms with Crippen LogP contribution in [0.2, 0.25) is 0 Å². The summed E-state index contributed by atoms with van der Waals surface area (Å²) in [6.07, 6.45) is 13.2. The first kappa shape index (κ1) is 26.3. The molecule has 10 heteroatoms. The summed E-state index contributed by atoms with van der Waals surface area (Å²) in [5.74, 6) is 1.10. The first-order valence-electron chi connectivity index (χ1n) is 13.7. The predicted molar refractivity (Wildman–Crippen MR) is 154 cm³/mol. The van der Waals surface area contributed by atoms with E-state index in [2.05, 4.69) is 4.98 Å². The molecule has 1 fully saturated rings. The molecule has 40 heavy (non-hydrogen) atoms. The molecule has 1 amide bonds. The van der Waals surface area contributed by atoms with Gasteiger partial charge in [0, 0.05) is 48.1 Å². The monoisotopic (exact) mass is 556 g/mol. The van der Waals surface area contributed by atoms with E-state index in [1.165, 1.54) is 23.4 Å². The number of carbonyl (C=O) groups excluding carboxylic acids is 2. The average Bonchev–Trinajstić information content (AvgIpc) is 3.70. The number of methoxy groups -OCH3 is 1. The molecule has 1 aliphatic carbocycles. The number of thiazole rings is 1. The molecule has 4 aromatic rings. The molecule has 1 aromatic carbocycles. The van der Waals surface area contributed by atoms with E-state index in [9.17, 15) is 9.59 Å². The van der Waals surface area contributed by atoms with Crippen molar-refractivity contribution in [2.75, 3.05) is 26.0 Å². The van der Waals surface area contributed by atoms with Gasteiger partial charge in [-0.15, -0.1) is 11.3 Å². The van der Waals surface area contributed by atoms with Crippen molar-refractivity contribution in [3.05, 3.63) is 75.8 Å². The van der Waals surface area contributed by atoms with Crippen LogP contribution in [0.5, 0.6) is 0 Å². The van der Waals surface area contributed by atoms with Crippen molar-refractivity contribution in [3.63, 3.8) is 0 Å². The van der Waals surface area contributed by atoms with Crippen LogP contribution in [0.25, 0.3) is 16.8 Å². The summed E-state index contributed by atoms with van der Waals surface area (Å²) >= 11 is 1.68. The second-order valence-electron chi connectivity index (χ2n) is 10.3. The summed E-state index contributed by atoms with van der Waals surface area (Å²) in [6, 6.07) is 7.31. The molecular formula is C30H32N6O3S. The maximum atomic E-state index is 13.1. The lowest BCUT2D eigenvalue weighted by Crippen LogP contribution is -2.30. The van der Waals surface area contributed by atoms with Crippen molar-refractivity contribution in [3.8, 4) is 11.3 Å². The van der Waals surface area contributed by atoms with Crippen molar-refractivity contribution < 1.29 is 14.3 Å². The molecule has 2 aliphatic rings. The van der Waals surface area contributed by atoms with Crippen molar-refractivity contribution in [1.29, 1.82) is 0 Å². The van der Waals surface area contributed by atoms with Gasteiger partial charge in [0.05, 0.1) is 24.8 Å². The van der Waals surface area contributed by atoms with Crippen LogP contribution in [0.1, 0.15) is 63.5 Å². The second-order valence-corrected chi connectivity index (χ2v) is 11.4. The van der Waals surface area contributed by atoms with Gasteiger partial charge in [0.25, 0.3) is 0 Å². The van der Waals surface area contributed by atoms with Crippen molar-refractivity contribution >= 4 is 34.4 Å². The molecule has 1 aliphatic heterocycles. The summed E-state index contributed by atoms with van der Waals surface area (Å²) in [4.78, 5) is 43.3. The molecule has 9 nitrogen and oxygen atoms in total. The summed E-state index contributed by atoms with van der Waals surface area (Å²) in [6.45, 7) is 1.04. The average molecular weight is 557 g/mol. The fourth-order valence-electron chi connectivity index (χ4n) is 5.70. The number of imidazole rings is 1. The lowest BCUT2D eigenvalue weighted by Gasteiger charge is -2.22. The number of hydrogen-bond acceptors (Lipinski definition) is 8. The molecule has 4 heterocycles. The maximum Gasteiger partial charge on any atom is 0.246 e. The van der Waals surface area contributed by atoms with Gasteiger partial charge < -0.3 is 15.4 Å². The highest BCUT2D eigenvalue weighted by Gasteiger charge is 2.33. The summed E-state index contributed by atoms with van der Waals surface area (Å²) < 4.78 is 6.98. The molecule has 6 rings (SSSR count).